The first kappa shape index (κ1) is 18.5. The van der Waals surface area contributed by atoms with Crippen molar-refractivity contribution in [1.82, 2.24) is 4.90 Å². The summed E-state index contributed by atoms with van der Waals surface area (Å²) in [5.41, 5.74) is 1.79. The molecule has 124 valence electrons. The van der Waals surface area contributed by atoms with Gasteiger partial charge in [-0.3, -0.25) is 4.79 Å². The fourth-order valence-corrected chi connectivity index (χ4v) is 2.59. The molecule has 1 aromatic carbocycles. The fourth-order valence-electron chi connectivity index (χ4n) is 2.59. The Morgan fingerprint density at radius 2 is 1.77 bits per heavy atom. The van der Waals surface area contributed by atoms with Crippen molar-refractivity contribution in [2.75, 3.05) is 32.1 Å². The molecule has 0 spiro atoms. The minimum atomic E-state index is 0.0549. The number of aliphatic hydroxyl groups is 1. The molecule has 0 aliphatic heterocycles. The standard InChI is InChI=1S/C18H30N2O2/c1-6-16(11-12-21)20(13-14(2)3)18(22)15-7-9-17(10-8-15)19(4)5/h7-10,14,16,21H,6,11-13H2,1-5H3. The highest BCUT2D eigenvalue weighted by Crippen LogP contribution is 2.18. The molecule has 22 heavy (non-hydrogen) atoms. The van der Waals surface area contributed by atoms with E-state index in [2.05, 4.69) is 20.8 Å². The van der Waals surface area contributed by atoms with Crippen LogP contribution in [0.4, 0.5) is 5.69 Å². The van der Waals surface area contributed by atoms with E-state index in [1.54, 1.807) is 0 Å². The average Bonchev–Trinajstić information content (AvgIpc) is 2.49. The maximum Gasteiger partial charge on any atom is 0.254 e. The number of anilines is 1. The summed E-state index contributed by atoms with van der Waals surface area (Å²) in [5, 5.41) is 9.26. The highest BCUT2D eigenvalue weighted by Gasteiger charge is 2.24. The molecule has 0 aliphatic rings. The zero-order chi connectivity index (χ0) is 16.7. The Kier molecular flexibility index (Phi) is 7.39. The molecule has 0 aromatic heterocycles. The third-order valence-electron chi connectivity index (χ3n) is 3.83. The van der Waals surface area contributed by atoms with E-state index in [1.807, 2.05) is 48.2 Å². The van der Waals surface area contributed by atoms with Crippen LogP contribution in [0.3, 0.4) is 0 Å². The van der Waals surface area contributed by atoms with Gasteiger partial charge in [-0.2, -0.15) is 0 Å². The maximum atomic E-state index is 12.9. The Bertz CT molecular complexity index is 455. The van der Waals surface area contributed by atoms with Gasteiger partial charge in [-0.25, -0.2) is 0 Å². The van der Waals surface area contributed by atoms with E-state index in [4.69, 9.17) is 0 Å². The van der Waals surface area contributed by atoms with Gasteiger partial charge in [-0.1, -0.05) is 20.8 Å². The molecule has 4 nitrogen and oxygen atoms in total. The molecule has 0 aliphatic carbocycles. The summed E-state index contributed by atoms with van der Waals surface area (Å²) in [7, 11) is 3.96. The van der Waals surface area contributed by atoms with Gasteiger partial charge in [0.15, 0.2) is 0 Å². The van der Waals surface area contributed by atoms with Gasteiger partial charge >= 0.3 is 0 Å². The fraction of sp³-hybridized carbons (Fsp3) is 0.611. The summed E-state index contributed by atoms with van der Waals surface area (Å²) in [4.78, 5) is 16.8. The predicted octanol–water partition coefficient (Wildman–Crippen LogP) is 3.01. The Hall–Kier alpha value is -1.55. The quantitative estimate of drug-likeness (QED) is 0.803. The zero-order valence-corrected chi connectivity index (χ0v) is 14.5. The zero-order valence-electron chi connectivity index (χ0n) is 14.5. The largest absolute Gasteiger partial charge is 0.396 e. The second-order valence-corrected chi connectivity index (χ2v) is 6.37. The van der Waals surface area contributed by atoms with Gasteiger partial charge in [0.25, 0.3) is 5.91 Å². The molecule has 0 bridgehead atoms. The summed E-state index contributed by atoms with van der Waals surface area (Å²) in [6.45, 7) is 7.12. The summed E-state index contributed by atoms with van der Waals surface area (Å²) >= 11 is 0. The Labute approximate surface area is 134 Å². The Balaban J connectivity index is 2.99. The monoisotopic (exact) mass is 306 g/mol. The van der Waals surface area contributed by atoms with Gasteiger partial charge in [0.1, 0.15) is 0 Å². The van der Waals surface area contributed by atoms with Crippen molar-refractivity contribution in [2.45, 2.75) is 39.7 Å². The van der Waals surface area contributed by atoms with E-state index in [0.717, 1.165) is 12.1 Å². The minimum Gasteiger partial charge on any atom is -0.396 e. The van der Waals surface area contributed by atoms with Crippen molar-refractivity contribution < 1.29 is 9.90 Å². The lowest BCUT2D eigenvalue weighted by molar-refractivity contribution is 0.0613. The number of amides is 1. The van der Waals surface area contributed by atoms with Crippen molar-refractivity contribution in [3.8, 4) is 0 Å². The number of rotatable bonds is 8. The van der Waals surface area contributed by atoms with Crippen molar-refractivity contribution in [3.05, 3.63) is 29.8 Å². The molecule has 0 radical (unpaired) electrons. The smallest absolute Gasteiger partial charge is 0.254 e. The van der Waals surface area contributed by atoms with Crippen LogP contribution >= 0.6 is 0 Å². The number of benzene rings is 1. The number of hydrogen-bond acceptors (Lipinski definition) is 3. The third-order valence-corrected chi connectivity index (χ3v) is 3.83. The van der Waals surface area contributed by atoms with Crippen LogP contribution in [0.1, 0.15) is 44.0 Å². The molecule has 1 amide bonds. The number of aliphatic hydroxyl groups excluding tert-OH is 1. The topological polar surface area (TPSA) is 43.8 Å². The van der Waals surface area contributed by atoms with Gasteiger partial charge < -0.3 is 14.9 Å². The number of nitrogens with zero attached hydrogens (tertiary/aromatic N) is 2. The van der Waals surface area contributed by atoms with Crippen LogP contribution in [0.2, 0.25) is 0 Å². The first-order chi connectivity index (χ1) is 10.4. The first-order valence-corrected chi connectivity index (χ1v) is 8.09. The van der Waals surface area contributed by atoms with Gasteiger partial charge in [-0.15, -0.1) is 0 Å². The Morgan fingerprint density at radius 1 is 1.18 bits per heavy atom. The molecule has 0 saturated heterocycles. The summed E-state index contributed by atoms with van der Waals surface area (Å²) in [5.74, 6) is 0.456. The third kappa shape index (κ3) is 5.02. The second kappa shape index (κ2) is 8.79. The molecular formula is C18H30N2O2. The average molecular weight is 306 g/mol. The summed E-state index contributed by atoms with van der Waals surface area (Å²) < 4.78 is 0. The number of carbonyl (C=O) groups excluding carboxylic acids is 1. The van der Waals surface area contributed by atoms with E-state index in [0.29, 0.717) is 24.4 Å². The van der Waals surface area contributed by atoms with Gasteiger partial charge in [-0.05, 0) is 43.0 Å². The summed E-state index contributed by atoms with van der Waals surface area (Å²) in [6.07, 6.45) is 1.49. The molecule has 0 fully saturated rings. The molecule has 1 N–H and O–H groups in total. The van der Waals surface area contributed by atoms with E-state index in [9.17, 15) is 9.90 Å². The van der Waals surface area contributed by atoms with Crippen LogP contribution < -0.4 is 4.90 Å². The van der Waals surface area contributed by atoms with Crippen molar-refractivity contribution in [3.63, 3.8) is 0 Å². The lowest BCUT2D eigenvalue weighted by Crippen LogP contribution is -2.42. The van der Waals surface area contributed by atoms with E-state index < -0.39 is 0 Å². The van der Waals surface area contributed by atoms with Crippen LogP contribution in [0.5, 0.6) is 0 Å². The van der Waals surface area contributed by atoms with Crippen molar-refractivity contribution in [2.24, 2.45) is 5.92 Å². The molecule has 1 atom stereocenters. The maximum absolute atomic E-state index is 12.9. The van der Waals surface area contributed by atoms with Crippen LogP contribution in [0, 0.1) is 5.92 Å². The predicted molar refractivity (Wildman–Crippen MR) is 92.4 cm³/mol. The lowest BCUT2D eigenvalue weighted by atomic mass is 10.0. The van der Waals surface area contributed by atoms with E-state index >= 15 is 0 Å². The molecular weight excluding hydrogens is 276 g/mol. The van der Waals surface area contributed by atoms with E-state index in [1.165, 1.54) is 0 Å². The van der Waals surface area contributed by atoms with Crippen molar-refractivity contribution >= 4 is 11.6 Å². The van der Waals surface area contributed by atoms with Crippen LogP contribution in [0.25, 0.3) is 0 Å². The minimum absolute atomic E-state index is 0.0549. The highest BCUT2D eigenvalue weighted by molar-refractivity contribution is 5.94. The Morgan fingerprint density at radius 3 is 2.18 bits per heavy atom. The SMILES string of the molecule is CCC(CCO)N(CC(C)C)C(=O)c1ccc(N(C)C)cc1. The highest BCUT2D eigenvalue weighted by atomic mass is 16.3. The number of hydrogen-bond donors (Lipinski definition) is 1. The molecule has 1 aromatic rings. The molecule has 1 rings (SSSR count). The number of carbonyl (C=O) groups is 1. The normalized spacial score (nSPS) is 12.3. The van der Waals surface area contributed by atoms with Crippen LogP contribution in [-0.4, -0.2) is 49.2 Å². The molecule has 4 heteroatoms. The van der Waals surface area contributed by atoms with E-state index in [-0.39, 0.29) is 18.6 Å². The summed E-state index contributed by atoms with van der Waals surface area (Å²) in [6, 6.07) is 7.79. The van der Waals surface area contributed by atoms with Crippen LogP contribution in [0.15, 0.2) is 24.3 Å². The molecule has 1 unspecified atom stereocenters. The molecule has 0 heterocycles. The van der Waals surface area contributed by atoms with Crippen molar-refractivity contribution in [1.29, 1.82) is 0 Å². The first-order valence-electron chi connectivity index (χ1n) is 8.09. The second-order valence-electron chi connectivity index (χ2n) is 6.37. The van der Waals surface area contributed by atoms with Gasteiger partial charge in [0.05, 0.1) is 0 Å². The van der Waals surface area contributed by atoms with Crippen LogP contribution in [-0.2, 0) is 0 Å². The molecule has 0 saturated carbocycles. The van der Waals surface area contributed by atoms with Gasteiger partial charge in [0, 0.05) is 44.5 Å². The lowest BCUT2D eigenvalue weighted by Gasteiger charge is -2.32. The van der Waals surface area contributed by atoms with Gasteiger partial charge in [0.2, 0.25) is 0 Å².